The molecule has 2 amide bonds. The van der Waals surface area contributed by atoms with Crippen LogP contribution < -0.4 is 14.2 Å². The van der Waals surface area contributed by atoms with Crippen LogP contribution in [0.3, 0.4) is 0 Å². The minimum absolute atomic E-state index is 0.0518. The van der Waals surface area contributed by atoms with E-state index in [1.54, 1.807) is 29.2 Å². The molecule has 1 atom stereocenters. The molecule has 0 heterocycles. The summed E-state index contributed by atoms with van der Waals surface area (Å²) in [4.78, 5) is 14.7. The van der Waals surface area contributed by atoms with Crippen molar-refractivity contribution in [1.82, 2.24) is 4.90 Å². The molecular formula is C26H29FN2O5S. The summed E-state index contributed by atoms with van der Waals surface area (Å²) in [7, 11) is -4.09. The summed E-state index contributed by atoms with van der Waals surface area (Å²) in [6.45, 7) is 6.62. The van der Waals surface area contributed by atoms with Gasteiger partial charge in [0.05, 0.1) is 12.3 Å². The Morgan fingerprint density at radius 1 is 1.00 bits per heavy atom. The Balaban J connectivity index is 1.72. The Hall–Kier alpha value is -3.59. The van der Waals surface area contributed by atoms with Crippen LogP contribution in [-0.4, -0.2) is 32.0 Å². The minimum atomic E-state index is -4.09. The van der Waals surface area contributed by atoms with E-state index in [1.807, 2.05) is 32.9 Å². The monoisotopic (exact) mass is 500 g/mol. The van der Waals surface area contributed by atoms with Crippen molar-refractivity contribution in [3.8, 4) is 11.5 Å². The van der Waals surface area contributed by atoms with E-state index in [4.69, 9.17) is 8.92 Å². The van der Waals surface area contributed by atoms with E-state index in [1.165, 1.54) is 12.1 Å². The average molecular weight is 501 g/mol. The van der Waals surface area contributed by atoms with Crippen molar-refractivity contribution in [2.45, 2.75) is 44.7 Å². The van der Waals surface area contributed by atoms with Gasteiger partial charge in [-0.2, -0.15) is 8.42 Å². The molecule has 0 radical (unpaired) electrons. The fraction of sp³-hybridized carbons (Fsp3) is 0.269. The van der Waals surface area contributed by atoms with Crippen LogP contribution in [0.2, 0.25) is 0 Å². The smallest absolute Gasteiger partial charge is 0.339 e. The zero-order chi connectivity index (χ0) is 25.4. The van der Waals surface area contributed by atoms with E-state index in [9.17, 15) is 17.6 Å². The molecule has 0 aromatic heterocycles. The van der Waals surface area contributed by atoms with Gasteiger partial charge >= 0.3 is 16.1 Å². The number of ether oxygens (including phenoxy) is 1. The maximum absolute atomic E-state index is 13.1. The third-order valence-corrected chi connectivity index (χ3v) is 6.66. The number of anilines is 1. The molecule has 0 aliphatic heterocycles. The lowest BCUT2D eigenvalue weighted by atomic mass is 10.1. The summed E-state index contributed by atoms with van der Waals surface area (Å²) in [5, 5.41) is 2.93. The molecule has 9 heteroatoms. The number of urea groups is 1. The lowest BCUT2D eigenvalue weighted by Crippen LogP contribution is -2.40. The minimum Gasteiger partial charge on any atom is -0.492 e. The number of halogens is 1. The first-order valence-corrected chi connectivity index (χ1v) is 12.7. The summed E-state index contributed by atoms with van der Waals surface area (Å²) in [5.41, 5.74) is 1.38. The first-order chi connectivity index (χ1) is 16.7. The molecule has 0 fully saturated rings. The summed E-state index contributed by atoms with van der Waals surface area (Å²) in [6, 6.07) is 17.8. The third-order valence-electron chi connectivity index (χ3n) is 5.40. The van der Waals surface area contributed by atoms with E-state index in [2.05, 4.69) is 5.32 Å². The lowest BCUT2D eigenvalue weighted by molar-refractivity contribution is 0.187. The van der Waals surface area contributed by atoms with Crippen LogP contribution in [-0.2, 0) is 16.7 Å². The highest BCUT2D eigenvalue weighted by molar-refractivity contribution is 7.87. The molecule has 0 spiro atoms. The maximum Gasteiger partial charge on any atom is 0.339 e. The van der Waals surface area contributed by atoms with Crippen LogP contribution in [0, 0.1) is 5.82 Å². The molecule has 1 N–H and O–H groups in total. The molecule has 3 aromatic rings. The molecule has 35 heavy (non-hydrogen) atoms. The van der Waals surface area contributed by atoms with Crippen LogP contribution in [0.25, 0.3) is 0 Å². The normalized spacial score (nSPS) is 12.0. The molecule has 186 valence electrons. The second-order valence-corrected chi connectivity index (χ2v) is 9.43. The number of nitrogens with zero attached hydrogens (tertiary/aromatic N) is 1. The lowest BCUT2D eigenvalue weighted by Gasteiger charge is -2.29. The number of benzene rings is 3. The van der Waals surface area contributed by atoms with Crippen molar-refractivity contribution < 1.29 is 26.5 Å². The number of carbonyl (C=O) groups excluding carboxylic acids is 1. The Labute approximate surface area is 205 Å². The standard InChI is InChI=1S/C26H29FN2O5S/c1-4-19(3)29(26(30)28-24-8-6-7-9-25(24)33-5-2)18-20-10-14-22(15-11-20)34-35(31,32)23-16-12-21(27)13-17-23/h6-17,19H,4-5,18H2,1-3H3,(H,28,30). The zero-order valence-electron chi connectivity index (χ0n) is 19.9. The van der Waals surface area contributed by atoms with Crippen LogP contribution in [0.4, 0.5) is 14.9 Å². The van der Waals surface area contributed by atoms with Crippen molar-refractivity contribution in [1.29, 1.82) is 0 Å². The fourth-order valence-electron chi connectivity index (χ4n) is 3.31. The SMILES string of the molecule is CCOc1ccccc1NC(=O)N(Cc1ccc(OS(=O)(=O)c2ccc(F)cc2)cc1)C(C)CC. The summed E-state index contributed by atoms with van der Waals surface area (Å²) < 4.78 is 48.7. The van der Waals surface area contributed by atoms with E-state index in [0.29, 0.717) is 24.6 Å². The van der Waals surface area contributed by atoms with Gasteiger partial charge in [-0.1, -0.05) is 31.2 Å². The number of para-hydroxylation sites is 2. The Kier molecular flexibility index (Phi) is 8.70. The van der Waals surface area contributed by atoms with Gasteiger partial charge in [0, 0.05) is 12.6 Å². The number of amides is 2. The number of carbonyl (C=O) groups is 1. The Morgan fingerprint density at radius 3 is 2.29 bits per heavy atom. The van der Waals surface area contributed by atoms with E-state index < -0.39 is 15.9 Å². The molecule has 0 saturated carbocycles. The van der Waals surface area contributed by atoms with Gasteiger partial charge in [-0.25, -0.2) is 9.18 Å². The van der Waals surface area contributed by atoms with Gasteiger partial charge in [0.25, 0.3) is 0 Å². The molecule has 0 aliphatic carbocycles. The quantitative estimate of drug-likeness (QED) is 0.354. The van der Waals surface area contributed by atoms with Crippen LogP contribution in [0.1, 0.15) is 32.8 Å². The molecule has 3 aromatic carbocycles. The highest BCUT2D eigenvalue weighted by atomic mass is 32.2. The van der Waals surface area contributed by atoms with E-state index >= 15 is 0 Å². The summed E-state index contributed by atoms with van der Waals surface area (Å²) in [6.07, 6.45) is 0.748. The fourth-order valence-corrected chi connectivity index (χ4v) is 4.24. The van der Waals surface area contributed by atoms with Gasteiger partial charge in [0.2, 0.25) is 0 Å². The maximum atomic E-state index is 13.1. The Morgan fingerprint density at radius 2 is 1.66 bits per heavy atom. The molecule has 0 saturated heterocycles. The first-order valence-electron chi connectivity index (χ1n) is 11.3. The van der Waals surface area contributed by atoms with Crippen molar-refractivity contribution in [3.63, 3.8) is 0 Å². The predicted octanol–water partition coefficient (Wildman–Crippen LogP) is 5.82. The topological polar surface area (TPSA) is 84.9 Å². The van der Waals surface area contributed by atoms with Crippen molar-refractivity contribution >= 4 is 21.8 Å². The largest absolute Gasteiger partial charge is 0.492 e. The number of hydrogen-bond donors (Lipinski definition) is 1. The summed E-state index contributed by atoms with van der Waals surface area (Å²) in [5.74, 6) is 0.171. The van der Waals surface area contributed by atoms with Crippen molar-refractivity contribution in [2.24, 2.45) is 0 Å². The first kappa shape index (κ1) is 26.0. The molecule has 7 nitrogen and oxygen atoms in total. The second kappa shape index (κ2) is 11.7. The third kappa shape index (κ3) is 6.95. The molecule has 0 bridgehead atoms. The van der Waals surface area contributed by atoms with Gasteiger partial charge in [0.15, 0.2) is 0 Å². The molecular weight excluding hydrogens is 471 g/mol. The van der Waals surface area contributed by atoms with Gasteiger partial charge in [0.1, 0.15) is 22.2 Å². The average Bonchev–Trinajstić information content (AvgIpc) is 2.84. The number of rotatable bonds is 10. The second-order valence-electron chi connectivity index (χ2n) is 7.88. The highest BCUT2D eigenvalue weighted by Gasteiger charge is 2.21. The molecule has 0 aliphatic rings. The van der Waals surface area contributed by atoms with Crippen molar-refractivity contribution in [2.75, 3.05) is 11.9 Å². The van der Waals surface area contributed by atoms with E-state index in [0.717, 1.165) is 36.2 Å². The van der Waals surface area contributed by atoms with E-state index in [-0.39, 0.29) is 22.7 Å². The highest BCUT2D eigenvalue weighted by Crippen LogP contribution is 2.25. The van der Waals surface area contributed by atoms with Crippen LogP contribution >= 0.6 is 0 Å². The molecule has 3 rings (SSSR count). The van der Waals surface area contributed by atoms with Gasteiger partial charge < -0.3 is 19.1 Å². The number of nitrogens with one attached hydrogen (secondary N) is 1. The van der Waals surface area contributed by atoms with Gasteiger partial charge in [-0.05, 0) is 74.4 Å². The predicted molar refractivity (Wildman–Crippen MR) is 133 cm³/mol. The molecule has 1 unspecified atom stereocenters. The van der Waals surface area contributed by atoms with Crippen LogP contribution in [0.5, 0.6) is 11.5 Å². The zero-order valence-corrected chi connectivity index (χ0v) is 20.7. The Bertz CT molecular complexity index is 1230. The van der Waals surface area contributed by atoms with Gasteiger partial charge in [-0.15, -0.1) is 0 Å². The van der Waals surface area contributed by atoms with Crippen molar-refractivity contribution in [3.05, 3.63) is 84.2 Å². The van der Waals surface area contributed by atoms with Gasteiger partial charge in [-0.3, -0.25) is 0 Å². The summed E-state index contributed by atoms with van der Waals surface area (Å²) >= 11 is 0. The number of hydrogen-bond acceptors (Lipinski definition) is 5. The van der Waals surface area contributed by atoms with Crippen LogP contribution in [0.15, 0.2) is 77.7 Å².